The lowest BCUT2D eigenvalue weighted by atomic mass is 9.64. The van der Waals surface area contributed by atoms with Crippen LogP contribution in [0.25, 0.3) is 22.9 Å². The molecule has 0 saturated heterocycles. The van der Waals surface area contributed by atoms with Gasteiger partial charge in [0.15, 0.2) is 0 Å². The zero-order chi connectivity index (χ0) is 13.2. The summed E-state index contributed by atoms with van der Waals surface area (Å²) >= 11 is 0. The Morgan fingerprint density at radius 2 is 1.90 bits per heavy atom. The van der Waals surface area contributed by atoms with Crippen LogP contribution in [-0.2, 0) is 5.41 Å². The minimum Gasteiger partial charge on any atom is -0.0830 e. The highest BCUT2D eigenvalue weighted by atomic mass is 14.4. The van der Waals surface area contributed by atoms with E-state index in [0.29, 0.717) is 0 Å². The van der Waals surface area contributed by atoms with Crippen molar-refractivity contribution in [3.05, 3.63) is 82.3 Å². The molecule has 0 N–H and O–H groups in total. The molecule has 1 spiro atoms. The Morgan fingerprint density at radius 3 is 2.90 bits per heavy atom. The minimum atomic E-state index is 0.0622. The van der Waals surface area contributed by atoms with E-state index < -0.39 is 0 Å². The van der Waals surface area contributed by atoms with Crippen LogP contribution in [0, 0.1) is 0 Å². The average Bonchev–Trinajstić information content (AvgIpc) is 2.50. The summed E-state index contributed by atoms with van der Waals surface area (Å²) in [5.41, 5.74) is 3.00. The first-order valence-corrected chi connectivity index (χ1v) is 7.19. The fourth-order valence-corrected chi connectivity index (χ4v) is 4.01. The Hall–Kier alpha value is -2.34. The summed E-state index contributed by atoms with van der Waals surface area (Å²) in [7, 11) is 0. The minimum absolute atomic E-state index is 0.0622. The van der Waals surface area contributed by atoms with E-state index in [2.05, 4.69) is 72.9 Å². The number of allylic oxidation sites excluding steroid dienone is 6. The Kier molecular flexibility index (Phi) is 1.78. The molecule has 0 heterocycles. The van der Waals surface area contributed by atoms with Crippen LogP contribution >= 0.6 is 0 Å². The number of benzene rings is 2. The molecule has 2 aromatic carbocycles. The van der Waals surface area contributed by atoms with Crippen molar-refractivity contribution in [3.8, 4) is 0 Å². The molecule has 0 amide bonds. The van der Waals surface area contributed by atoms with Gasteiger partial charge in [-0.1, -0.05) is 66.8 Å². The van der Waals surface area contributed by atoms with E-state index in [-0.39, 0.29) is 5.41 Å². The SMILES string of the molecule is C1=CCC23C=CC=c4ccc5cccc(c5c42)=CC3=C1. The quantitative estimate of drug-likeness (QED) is 0.677. The van der Waals surface area contributed by atoms with E-state index in [0.717, 1.165) is 6.42 Å². The van der Waals surface area contributed by atoms with Crippen LogP contribution < -0.4 is 10.4 Å². The second kappa shape index (κ2) is 3.40. The summed E-state index contributed by atoms with van der Waals surface area (Å²) in [4.78, 5) is 0. The summed E-state index contributed by atoms with van der Waals surface area (Å²) in [6.07, 6.45) is 17.1. The molecule has 0 nitrogen and oxygen atoms in total. The highest BCUT2D eigenvalue weighted by Gasteiger charge is 2.38. The standard InChI is InChI=1S/C20H14/c1-2-11-20-12-4-7-15-10-9-14-5-3-6-16(13-17(20)8-1)18(14)19(15)20/h1-10,12-13H,11H2. The molecule has 20 heavy (non-hydrogen) atoms. The molecule has 0 heteroatoms. The molecular weight excluding hydrogens is 240 g/mol. The van der Waals surface area contributed by atoms with Gasteiger partial charge in [0.1, 0.15) is 0 Å². The number of hydrogen-bond donors (Lipinski definition) is 0. The lowest BCUT2D eigenvalue weighted by molar-refractivity contribution is 0.648. The lowest BCUT2D eigenvalue weighted by Gasteiger charge is -2.39. The second-order valence-corrected chi connectivity index (χ2v) is 5.87. The van der Waals surface area contributed by atoms with E-state index in [1.807, 2.05) is 0 Å². The Balaban J connectivity index is 2.13. The zero-order valence-electron chi connectivity index (χ0n) is 11.1. The molecule has 3 aliphatic rings. The maximum Gasteiger partial charge on any atom is 0.0431 e. The highest BCUT2D eigenvalue weighted by molar-refractivity contribution is 5.93. The van der Waals surface area contributed by atoms with Gasteiger partial charge in [-0.3, -0.25) is 0 Å². The second-order valence-electron chi connectivity index (χ2n) is 5.87. The van der Waals surface area contributed by atoms with Gasteiger partial charge in [0.2, 0.25) is 0 Å². The molecule has 94 valence electrons. The molecule has 0 bridgehead atoms. The molecule has 1 unspecified atom stereocenters. The highest BCUT2D eigenvalue weighted by Crippen LogP contribution is 2.44. The fourth-order valence-electron chi connectivity index (χ4n) is 4.01. The summed E-state index contributed by atoms with van der Waals surface area (Å²) in [5.74, 6) is 0. The third-order valence-electron chi connectivity index (χ3n) is 4.89. The monoisotopic (exact) mass is 254 g/mol. The van der Waals surface area contributed by atoms with E-state index in [1.54, 1.807) is 0 Å². The van der Waals surface area contributed by atoms with Crippen LogP contribution in [-0.4, -0.2) is 0 Å². The van der Waals surface area contributed by atoms with E-state index in [1.165, 1.54) is 32.3 Å². The predicted octanol–water partition coefficient (Wildman–Crippen LogP) is 3.11. The molecule has 3 aliphatic carbocycles. The van der Waals surface area contributed by atoms with Crippen LogP contribution in [0.3, 0.4) is 0 Å². The van der Waals surface area contributed by atoms with Crippen molar-refractivity contribution in [2.75, 3.05) is 0 Å². The topological polar surface area (TPSA) is 0 Å². The van der Waals surface area contributed by atoms with Gasteiger partial charge in [-0.2, -0.15) is 0 Å². The van der Waals surface area contributed by atoms with Crippen molar-refractivity contribution >= 4 is 22.9 Å². The molecule has 5 rings (SSSR count). The van der Waals surface area contributed by atoms with Crippen molar-refractivity contribution in [3.63, 3.8) is 0 Å². The first-order valence-electron chi connectivity index (χ1n) is 7.19. The molecule has 0 fully saturated rings. The smallest absolute Gasteiger partial charge is 0.0431 e. The Labute approximate surface area is 117 Å². The zero-order valence-corrected chi connectivity index (χ0v) is 11.1. The van der Waals surface area contributed by atoms with E-state index >= 15 is 0 Å². The van der Waals surface area contributed by atoms with Gasteiger partial charge in [0, 0.05) is 5.41 Å². The largest absolute Gasteiger partial charge is 0.0830 e. The molecule has 0 aromatic heterocycles. The van der Waals surface area contributed by atoms with E-state index in [9.17, 15) is 0 Å². The molecule has 0 saturated carbocycles. The maximum atomic E-state index is 2.39. The first-order chi connectivity index (χ1) is 9.88. The van der Waals surface area contributed by atoms with Gasteiger partial charge < -0.3 is 0 Å². The van der Waals surface area contributed by atoms with Gasteiger partial charge in [-0.15, -0.1) is 0 Å². The average molecular weight is 254 g/mol. The first kappa shape index (κ1) is 10.4. The number of hydrogen-bond acceptors (Lipinski definition) is 0. The van der Waals surface area contributed by atoms with Crippen molar-refractivity contribution in [1.82, 2.24) is 0 Å². The van der Waals surface area contributed by atoms with Crippen LogP contribution in [0.4, 0.5) is 0 Å². The van der Waals surface area contributed by atoms with Crippen LogP contribution in [0.5, 0.6) is 0 Å². The van der Waals surface area contributed by atoms with Gasteiger partial charge in [0.25, 0.3) is 0 Å². The van der Waals surface area contributed by atoms with Gasteiger partial charge in [-0.25, -0.2) is 0 Å². The lowest BCUT2D eigenvalue weighted by Crippen LogP contribution is -2.38. The van der Waals surface area contributed by atoms with Crippen LogP contribution in [0.15, 0.2) is 66.3 Å². The molecule has 0 aliphatic heterocycles. The van der Waals surface area contributed by atoms with E-state index in [4.69, 9.17) is 0 Å². The molecular formula is C20H14. The van der Waals surface area contributed by atoms with Crippen LogP contribution in [0.2, 0.25) is 0 Å². The van der Waals surface area contributed by atoms with Gasteiger partial charge in [0.05, 0.1) is 0 Å². The molecule has 0 radical (unpaired) electrons. The maximum absolute atomic E-state index is 2.39. The summed E-state index contributed by atoms with van der Waals surface area (Å²) in [6, 6.07) is 11.2. The van der Waals surface area contributed by atoms with Crippen molar-refractivity contribution in [2.24, 2.45) is 0 Å². The predicted molar refractivity (Wildman–Crippen MR) is 84.8 cm³/mol. The van der Waals surface area contributed by atoms with Gasteiger partial charge >= 0.3 is 0 Å². The third kappa shape index (κ3) is 1.09. The van der Waals surface area contributed by atoms with Gasteiger partial charge in [-0.05, 0) is 44.8 Å². The summed E-state index contributed by atoms with van der Waals surface area (Å²) in [6.45, 7) is 0. The van der Waals surface area contributed by atoms with Crippen molar-refractivity contribution in [1.29, 1.82) is 0 Å². The normalized spacial score (nSPS) is 24.7. The summed E-state index contributed by atoms with van der Waals surface area (Å²) < 4.78 is 0. The van der Waals surface area contributed by atoms with Crippen molar-refractivity contribution < 1.29 is 0 Å². The molecule has 2 aromatic rings. The van der Waals surface area contributed by atoms with Crippen LogP contribution in [0.1, 0.15) is 12.0 Å². The van der Waals surface area contributed by atoms with Crippen molar-refractivity contribution in [2.45, 2.75) is 11.8 Å². The molecule has 1 atom stereocenters. The fraction of sp³-hybridized carbons (Fsp3) is 0.100. The third-order valence-corrected chi connectivity index (χ3v) is 4.89. The Bertz CT molecular complexity index is 967. The Morgan fingerprint density at radius 1 is 0.900 bits per heavy atom. The number of rotatable bonds is 0. The summed E-state index contributed by atoms with van der Waals surface area (Å²) in [5, 5.41) is 5.54.